The summed E-state index contributed by atoms with van der Waals surface area (Å²) in [5, 5.41) is 21.2. The van der Waals surface area contributed by atoms with E-state index in [1.807, 2.05) is 19.1 Å². The quantitative estimate of drug-likeness (QED) is 0.511. The first-order valence-corrected chi connectivity index (χ1v) is 8.82. The van der Waals surface area contributed by atoms with E-state index in [1.165, 1.54) is 18.4 Å². The molecule has 0 fully saturated rings. The van der Waals surface area contributed by atoms with E-state index in [0.717, 1.165) is 36.8 Å². The number of hydrogen-bond acceptors (Lipinski definition) is 2. The van der Waals surface area contributed by atoms with Gasteiger partial charge in [0.15, 0.2) is 0 Å². The molecule has 23 heavy (non-hydrogen) atoms. The third-order valence-corrected chi connectivity index (χ3v) is 5.05. The molecular weight excluding hydrogens is 284 g/mol. The molecule has 0 bridgehead atoms. The Balaban J connectivity index is 2.36. The minimum absolute atomic E-state index is 0.0333. The summed E-state index contributed by atoms with van der Waals surface area (Å²) < 4.78 is 0. The lowest BCUT2D eigenvalue weighted by molar-refractivity contribution is 0.401. The maximum absolute atomic E-state index is 10.6. The van der Waals surface area contributed by atoms with Gasteiger partial charge < -0.3 is 10.2 Å². The Morgan fingerprint density at radius 1 is 1.22 bits per heavy atom. The van der Waals surface area contributed by atoms with Crippen molar-refractivity contribution in [1.82, 2.24) is 0 Å². The molecule has 0 aliphatic heterocycles. The highest BCUT2D eigenvalue weighted by Crippen LogP contribution is 2.48. The van der Waals surface area contributed by atoms with Crippen LogP contribution in [0.15, 0.2) is 35.9 Å². The van der Waals surface area contributed by atoms with Gasteiger partial charge in [-0.1, -0.05) is 43.6 Å². The van der Waals surface area contributed by atoms with Gasteiger partial charge >= 0.3 is 0 Å². The first-order valence-electron chi connectivity index (χ1n) is 8.82. The van der Waals surface area contributed by atoms with Crippen LogP contribution in [0.4, 0.5) is 0 Å². The molecule has 0 saturated heterocycles. The molecule has 0 spiro atoms. The first-order chi connectivity index (χ1) is 11.0. The molecular formula is C21H30O2. The Morgan fingerprint density at radius 3 is 2.43 bits per heavy atom. The van der Waals surface area contributed by atoms with Crippen molar-refractivity contribution in [3.63, 3.8) is 0 Å². The highest BCUT2D eigenvalue weighted by molar-refractivity contribution is 5.52. The third-order valence-electron chi connectivity index (χ3n) is 5.05. The number of phenolic OH excluding ortho intramolecular Hbond substituents is 2. The third kappa shape index (κ3) is 3.99. The zero-order chi connectivity index (χ0) is 17.0. The van der Waals surface area contributed by atoms with Crippen molar-refractivity contribution in [3.8, 4) is 11.5 Å². The van der Waals surface area contributed by atoms with Crippen molar-refractivity contribution in [2.24, 2.45) is 5.92 Å². The van der Waals surface area contributed by atoms with Crippen LogP contribution in [0.25, 0.3) is 0 Å². The van der Waals surface area contributed by atoms with Gasteiger partial charge in [0.25, 0.3) is 0 Å². The Kier molecular flexibility index (Phi) is 5.92. The first kappa shape index (κ1) is 17.7. The standard InChI is InChI=1S/C21H30O2/c1-5-6-7-10-16-12-18(22)21(19(23)13-16)20-15(4)9-8-11-17(20)14(2)3/h9,12-13,17,20,22-23H,2,5-8,10-11H2,1,3-4H3/t17-,20+/m0/s1. The van der Waals surface area contributed by atoms with Crippen molar-refractivity contribution in [3.05, 3.63) is 47.1 Å². The maximum atomic E-state index is 10.6. The largest absolute Gasteiger partial charge is 0.507 e. The monoisotopic (exact) mass is 314 g/mol. The molecule has 2 heteroatoms. The average Bonchev–Trinajstić information content (AvgIpc) is 2.48. The summed E-state index contributed by atoms with van der Waals surface area (Å²) in [5.41, 5.74) is 4.02. The SMILES string of the molecule is C=C(C)[C@@H]1CCC=C(C)[C@H]1c1c(O)cc(CCCCC)cc1O. The highest BCUT2D eigenvalue weighted by Gasteiger charge is 2.32. The molecule has 2 atom stereocenters. The van der Waals surface area contributed by atoms with Gasteiger partial charge in [-0.15, -0.1) is 0 Å². The summed E-state index contributed by atoms with van der Waals surface area (Å²) in [6.07, 6.45) is 8.61. The molecule has 1 aliphatic rings. The number of aryl methyl sites for hydroxylation is 1. The zero-order valence-corrected chi connectivity index (χ0v) is 14.7. The second kappa shape index (κ2) is 7.72. The van der Waals surface area contributed by atoms with E-state index >= 15 is 0 Å². The van der Waals surface area contributed by atoms with Gasteiger partial charge in [0, 0.05) is 11.5 Å². The topological polar surface area (TPSA) is 40.5 Å². The summed E-state index contributed by atoms with van der Waals surface area (Å²) in [6.45, 7) is 10.4. The van der Waals surface area contributed by atoms with E-state index in [2.05, 4.69) is 26.5 Å². The lowest BCUT2D eigenvalue weighted by Gasteiger charge is -2.33. The van der Waals surface area contributed by atoms with E-state index in [4.69, 9.17) is 0 Å². The fourth-order valence-electron chi connectivity index (χ4n) is 3.78. The van der Waals surface area contributed by atoms with Crippen LogP contribution < -0.4 is 0 Å². The zero-order valence-electron chi connectivity index (χ0n) is 14.7. The molecule has 2 rings (SSSR count). The Hall–Kier alpha value is -1.70. The van der Waals surface area contributed by atoms with Gasteiger partial charge in [0.05, 0.1) is 0 Å². The summed E-state index contributed by atoms with van der Waals surface area (Å²) in [4.78, 5) is 0. The normalized spacial score (nSPS) is 21.1. The van der Waals surface area contributed by atoms with Gasteiger partial charge in [-0.25, -0.2) is 0 Å². The van der Waals surface area contributed by atoms with Crippen LogP contribution in [-0.4, -0.2) is 10.2 Å². The highest BCUT2D eigenvalue weighted by atomic mass is 16.3. The number of phenols is 2. The number of hydrogen-bond donors (Lipinski definition) is 2. The van der Waals surface area contributed by atoms with Gasteiger partial charge in [0.1, 0.15) is 11.5 Å². The molecule has 0 amide bonds. The van der Waals surface area contributed by atoms with E-state index in [0.29, 0.717) is 5.56 Å². The number of aromatic hydroxyl groups is 2. The van der Waals surface area contributed by atoms with Gasteiger partial charge in [-0.05, 0) is 63.1 Å². The predicted octanol–water partition coefficient (Wildman–Crippen LogP) is 5.85. The molecule has 0 unspecified atom stereocenters. The average molecular weight is 314 g/mol. The van der Waals surface area contributed by atoms with Gasteiger partial charge in [0.2, 0.25) is 0 Å². The lowest BCUT2D eigenvalue weighted by atomic mass is 9.71. The van der Waals surface area contributed by atoms with E-state index in [9.17, 15) is 10.2 Å². The molecule has 1 aromatic carbocycles. The Bertz CT molecular complexity index is 575. The van der Waals surface area contributed by atoms with Crippen LogP contribution in [0, 0.1) is 5.92 Å². The minimum Gasteiger partial charge on any atom is -0.507 e. The molecule has 0 aromatic heterocycles. The van der Waals surface area contributed by atoms with Crippen LogP contribution in [0.3, 0.4) is 0 Å². The summed E-state index contributed by atoms with van der Waals surface area (Å²) in [6, 6.07) is 3.67. The molecule has 2 N–H and O–H groups in total. The van der Waals surface area contributed by atoms with Crippen LogP contribution in [0.1, 0.15) is 69.9 Å². The Morgan fingerprint density at radius 2 is 1.87 bits per heavy atom. The fraction of sp³-hybridized carbons (Fsp3) is 0.524. The maximum Gasteiger partial charge on any atom is 0.123 e. The summed E-state index contributed by atoms with van der Waals surface area (Å²) in [7, 11) is 0. The predicted molar refractivity (Wildman–Crippen MR) is 97.0 cm³/mol. The number of unbranched alkanes of at least 4 members (excludes halogenated alkanes) is 2. The molecule has 2 nitrogen and oxygen atoms in total. The molecule has 126 valence electrons. The van der Waals surface area contributed by atoms with Crippen LogP contribution in [0.2, 0.25) is 0 Å². The molecule has 1 aromatic rings. The van der Waals surface area contributed by atoms with E-state index < -0.39 is 0 Å². The fourth-order valence-corrected chi connectivity index (χ4v) is 3.78. The number of allylic oxidation sites excluding steroid dienone is 3. The number of benzene rings is 1. The summed E-state index contributed by atoms with van der Waals surface area (Å²) >= 11 is 0. The van der Waals surface area contributed by atoms with Crippen molar-refractivity contribution >= 4 is 0 Å². The second-order valence-electron chi connectivity index (χ2n) is 6.96. The lowest BCUT2D eigenvalue weighted by Crippen LogP contribution is -2.19. The van der Waals surface area contributed by atoms with Gasteiger partial charge in [-0.3, -0.25) is 0 Å². The van der Waals surface area contributed by atoms with Crippen molar-refractivity contribution in [1.29, 1.82) is 0 Å². The van der Waals surface area contributed by atoms with Crippen molar-refractivity contribution in [2.75, 3.05) is 0 Å². The molecule has 0 heterocycles. The summed E-state index contributed by atoms with van der Waals surface area (Å²) in [5.74, 6) is 0.762. The second-order valence-corrected chi connectivity index (χ2v) is 6.96. The molecule has 0 radical (unpaired) electrons. The number of rotatable bonds is 6. The Labute approximate surface area is 140 Å². The smallest absolute Gasteiger partial charge is 0.123 e. The van der Waals surface area contributed by atoms with Crippen LogP contribution >= 0.6 is 0 Å². The van der Waals surface area contributed by atoms with E-state index in [1.54, 1.807) is 0 Å². The van der Waals surface area contributed by atoms with Crippen molar-refractivity contribution < 1.29 is 10.2 Å². The minimum atomic E-state index is 0.0333. The molecule has 1 aliphatic carbocycles. The van der Waals surface area contributed by atoms with E-state index in [-0.39, 0.29) is 23.3 Å². The van der Waals surface area contributed by atoms with Crippen LogP contribution in [0.5, 0.6) is 11.5 Å². The van der Waals surface area contributed by atoms with Gasteiger partial charge in [-0.2, -0.15) is 0 Å². The molecule has 0 saturated carbocycles. The van der Waals surface area contributed by atoms with Crippen LogP contribution in [-0.2, 0) is 6.42 Å². The van der Waals surface area contributed by atoms with Crippen molar-refractivity contribution in [2.45, 2.75) is 65.2 Å².